The number of aryl methyl sites for hydroxylation is 1. The number of thiocarbonyl (C=S) groups is 1. The van der Waals surface area contributed by atoms with Crippen molar-refractivity contribution in [1.29, 1.82) is 0 Å². The average Bonchev–Trinajstić information content (AvgIpc) is 2.84. The van der Waals surface area contributed by atoms with E-state index in [9.17, 15) is 8.42 Å². The Hall–Kier alpha value is -0.630. The van der Waals surface area contributed by atoms with E-state index in [1.54, 1.807) is 30.0 Å². The Morgan fingerprint density at radius 1 is 1.43 bits per heavy atom. The molecule has 1 saturated carbocycles. The Kier molecular flexibility index (Phi) is 5.29. The monoisotopic (exact) mass is 344 g/mol. The van der Waals surface area contributed by atoms with E-state index >= 15 is 0 Å². The summed E-state index contributed by atoms with van der Waals surface area (Å²) < 4.78 is 27.8. The van der Waals surface area contributed by atoms with Crippen LogP contribution in [0.4, 0.5) is 0 Å². The molecule has 0 spiro atoms. The highest BCUT2D eigenvalue weighted by Crippen LogP contribution is 2.29. The van der Waals surface area contributed by atoms with Gasteiger partial charge in [0.15, 0.2) is 0 Å². The summed E-state index contributed by atoms with van der Waals surface area (Å²) in [5.74, 6) is 0. The second kappa shape index (κ2) is 6.64. The Morgan fingerprint density at radius 2 is 2.14 bits per heavy atom. The first-order valence-electron chi connectivity index (χ1n) is 6.80. The van der Waals surface area contributed by atoms with Gasteiger partial charge in [-0.05, 0) is 43.7 Å². The number of benzene rings is 1. The van der Waals surface area contributed by atoms with E-state index in [2.05, 4.69) is 4.72 Å². The van der Waals surface area contributed by atoms with Crippen molar-refractivity contribution in [3.63, 3.8) is 0 Å². The van der Waals surface area contributed by atoms with Crippen LogP contribution in [0.3, 0.4) is 0 Å². The molecule has 1 aromatic rings. The largest absolute Gasteiger partial charge is 0.389 e. The summed E-state index contributed by atoms with van der Waals surface area (Å²) >= 11 is 6.67. The van der Waals surface area contributed by atoms with E-state index in [0.717, 1.165) is 24.8 Å². The number of hydrogen-bond acceptors (Lipinski definition) is 4. The molecule has 4 nitrogen and oxygen atoms in total. The molecule has 0 heterocycles. The molecule has 7 heteroatoms. The Bertz CT molecular complexity index is 644. The lowest BCUT2D eigenvalue weighted by molar-refractivity contribution is 0.555. The van der Waals surface area contributed by atoms with Gasteiger partial charge in [0.1, 0.15) is 4.99 Å². The fourth-order valence-corrected chi connectivity index (χ4v) is 5.34. The van der Waals surface area contributed by atoms with Crippen LogP contribution in [0.15, 0.2) is 23.1 Å². The molecular formula is C14H20N2O2S3. The minimum atomic E-state index is -3.50. The number of sulfonamides is 1. The van der Waals surface area contributed by atoms with Crippen molar-refractivity contribution in [2.45, 2.75) is 42.4 Å². The Labute approximate surface area is 135 Å². The summed E-state index contributed by atoms with van der Waals surface area (Å²) in [7, 11) is -3.50. The first-order valence-corrected chi connectivity index (χ1v) is 9.98. The Balaban J connectivity index is 2.23. The molecule has 0 aliphatic heterocycles. The lowest BCUT2D eigenvalue weighted by Gasteiger charge is -2.19. The van der Waals surface area contributed by atoms with Crippen molar-refractivity contribution < 1.29 is 8.42 Å². The summed E-state index contributed by atoms with van der Waals surface area (Å²) in [6.45, 7) is 1.81. The molecule has 0 amide bonds. The van der Waals surface area contributed by atoms with Gasteiger partial charge in [0, 0.05) is 16.9 Å². The van der Waals surface area contributed by atoms with Crippen molar-refractivity contribution in [2.75, 3.05) is 6.26 Å². The zero-order valence-electron chi connectivity index (χ0n) is 12.1. The van der Waals surface area contributed by atoms with Crippen LogP contribution in [-0.4, -0.2) is 31.0 Å². The van der Waals surface area contributed by atoms with Gasteiger partial charge in [0.05, 0.1) is 4.90 Å². The molecule has 116 valence electrons. The van der Waals surface area contributed by atoms with Crippen molar-refractivity contribution in [2.24, 2.45) is 5.73 Å². The van der Waals surface area contributed by atoms with Gasteiger partial charge in [-0.2, -0.15) is 11.8 Å². The third-order valence-electron chi connectivity index (χ3n) is 3.84. The van der Waals surface area contributed by atoms with E-state index < -0.39 is 10.0 Å². The summed E-state index contributed by atoms with van der Waals surface area (Å²) in [6.07, 6.45) is 5.05. The first-order chi connectivity index (χ1) is 9.85. The molecule has 1 aromatic carbocycles. The number of rotatable bonds is 5. The number of hydrogen-bond donors (Lipinski definition) is 2. The lowest BCUT2D eigenvalue weighted by atomic mass is 10.1. The van der Waals surface area contributed by atoms with E-state index in [0.29, 0.717) is 10.8 Å². The minimum Gasteiger partial charge on any atom is -0.389 e. The molecule has 21 heavy (non-hydrogen) atoms. The molecule has 2 rings (SSSR count). The van der Waals surface area contributed by atoms with Crippen LogP contribution in [0.5, 0.6) is 0 Å². The van der Waals surface area contributed by atoms with Crippen LogP contribution in [0, 0.1) is 6.92 Å². The second-order valence-electron chi connectivity index (χ2n) is 5.27. The number of nitrogens with one attached hydrogen (secondary N) is 1. The molecule has 0 aromatic heterocycles. The highest BCUT2D eigenvalue weighted by Gasteiger charge is 2.30. The van der Waals surface area contributed by atoms with E-state index in [1.807, 2.05) is 13.2 Å². The quantitative estimate of drug-likeness (QED) is 0.801. The third-order valence-corrected chi connectivity index (χ3v) is 6.71. The molecular weight excluding hydrogens is 324 g/mol. The van der Waals surface area contributed by atoms with Crippen LogP contribution < -0.4 is 10.5 Å². The SMILES string of the molecule is CSC1CCCC1NS(=O)(=O)c1ccc(C(N)=S)c(C)c1. The maximum absolute atomic E-state index is 12.5. The third kappa shape index (κ3) is 3.77. The minimum absolute atomic E-state index is 0.0144. The molecule has 2 unspecified atom stereocenters. The van der Waals surface area contributed by atoms with Crippen LogP contribution in [0.1, 0.15) is 30.4 Å². The van der Waals surface area contributed by atoms with Crippen LogP contribution in [0.2, 0.25) is 0 Å². The molecule has 1 aliphatic rings. The topological polar surface area (TPSA) is 72.2 Å². The van der Waals surface area contributed by atoms with Crippen molar-refractivity contribution in [3.05, 3.63) is 29.3 Å². The van der Waals surface area contributed by atoms with Gasteiger partial charge in [-0.1, -0.05) is 24.7 Å². The molecule has 0 bridgehead atoms. The first kappa shape index (κ1) is 16.7. The van der Waals surface area contributed by atoms with Crippen molar-refractivity contribution in [3.8, 4) is 0 Å². The normalized spacial score (nSPS) is 22.4. The standard InChI is InChI=1S/C14H20N2O2S3/c1-9-8-10(6-7-11(9)14(15)19)21(17,18)16-12-4-3-5-13(12)20-2/h6-8,12-13,16H,3-5H2,1-2H3,(H2,15,19). The van der Waals surface area contributed by atoms with Gasteiger partial charge < -0.3 is 5.73 Å². The van der Waals surface area contributed by atoms with E-state index in [4.69, 9.17) is 18.0 Å². The van der Waals surface area contributed by atoms with Gasteiger partial charge in [-0.3, -0.25) is 0 Å². The van der Waals surface area contributed by atoms with E-state index in [1.165, 1.54) is 0 Å². The number of thioether (sulfide) groups is 1. The van der Waals surface area contributed by atoms with Gasteiger partial charge >= 0.3 is 0 Å². The van der Waals surface area contributed by atoms with Crippen molar-refractivity contribution >= 4 is 39.0 Å². The summed E-state index contributed by atoms with van der Waals surface area (Å²) in [6, 6.07) is 4.88. The predicted octanol–water partition coefficient (Wildman–Crippen LogP) is 2.19. The zero-order valence-corrected chi connectivity index (χ0v) is 14.6. The Morgan fingerprint density at radius 3 is 2.71 bits per heavy atom. The molecule has 1 aliphatic carbocycles. The summed E-state index contributed by atoms with van der Waals surface area (Å²) in [5.41, 5.74) is 7.10. The smallest absolute Gasteiger partial charge is 0.240 e. The highest BCUT2D eigenvalue weighted by atomic mass is 32.2. The van der Waals surface area contributed by atoms with Gasteiger partial charge in [-0.15, -0.1) is 0 Å². The van der Waals surface area contributed by atoms with Gasteiger partial charge in [-0.25, -0.2) is 13.1 Å². The van der Waals surface area contributed by atoms with Gasteiger partial charge in [0.25, 0.3) is 0 Å². The summed E-state index contributed by atoms with van der Waals surface area (Å²) in [5, 5.41) is 0.358. The molecule has 1 fully saturated rings. The summed E-state index contributed by atoms with van der Waals surface area (Å²) in [4.78, 5) is 0.550. The second-order valence-corrected chi connectivity index (χ2v) is 8.50. The maximum Gasteiger partial charge on any atom is 0.240 e. The molecule has 3 N–H and O–H groups in total. The lowest BCUT2D eigenvalue weighted by Crippen LogP contribution is -2.38. The highest BCUT2D eigenvalue weighted by molar-refractivity contribution is 7.99. The molecule has 2 atom stereocenters. The van der Waals surface area contributed by atoms with E-state index in [-0.39, 0.29) is 15.9 Å². The van der Waals surface area contributed by atoms with Gasteiger partial charge in [0.2, 0.25) is 10.0 Å². The van der Waals surface area contributed by atoms with Crippen molar-refractivity contribution in [1.82, 2.24) is 4.72 Å². The van der Waals surface area contributed by atoms with Crippen LogP contribution >= 0.6 is 24.0 Å². The fourth-order valence-electron chi connectivity index (χ4n) is 2.69. The molecule has 0 radical (unpaired) electrons. The van der Waals surface area contributed by atoms with Crippen LogP contribution in [0.25, 0.3) is 0 Å². The molecule has 0 saturated heterocycles. The maximum atomic E-state index is 12.5. The average molecular weight is 345 g/mol. The fraction of sp³-hybridized carbons (Fsp3) is 0.500. The zero-order chi connectivity index (χ0) is 15.6. The number of nitrogens with two attached hydrogens (primary N) is 1. The van der Waals surface area contributed by atoms with Crippen LogP contribution in [-0.2, 0) is 10.0 Å². The predicted molar refractivity (Wildman–Crippen MR) is 92.3 cm³/mol.